The van der Waals surface area contributed by atoms with Crippen LogP contribution in [0.25, 0.3) is 0 Å². The van der Waals surface area contributed by atoms with Crippen LogP contribution in [-0.4, -0.2) is 46.3 Å². The second-order valence-corrected chi connectivity index (χ2v) is 5.54. The summed E-state index contributed by atoms with van der Waals surface area (Å²) in [6, 6.07) is 0.255. The molecule has 0 bridgehead atoms. The lowest BCUT2D eigenvalue weighted by Gasteiger charge is -2.32. The molecule has 6 heteroatoms. The van der Waals surface area contributed by atoms with E-state index in [0.717, 1.165) is 43.9 Å². The number of hydrogen-bond donors (Lipinski definition) is 2. The third-order valence-electron chi connectivity index (χ3n) is 4.05. The highest BCUT2D eigenvalue weighted by Gasteiger charge is 2.21. The van der Waals surface area contributed by atoms with Crippen molar-refractivity contribution >= 4 is 11.6 Å². The van der Waals surface area contributed by atoms with E-state index in [1.165, 1.54) is 0 Å². The Hall–Kier alpha value is -1.56. The van der Waals surface area contributed by atoms with Gasteiger partial charge in [-0.25, -0.2) is 0 Å². The number of likely N-dealkylation sites (tertiary alicyclic amines) is 1. The molecule has 1 aliphatic rings. The predicted molar refractivity (Wildman–Crippen MR) is 79.4 cm³/mol. The van der Waals surface area contributed by atoms with Crippen molar-refractivity contribution in [2.75, 3.05) is 25.4 Å². The van der Waals surface area contributed by atoms with Crippen LogP contribution in [-0.2, 0) is 11.3 Å². The van der Waals surface area contributed by atoms with Crippen molar-refractivity contribution in [2.45, 2.75) is 46.2 Å². The van der Waals surface area contributed by atoms with Crippen LogP contribution in [0.4, 0.5) is 5.69 Å². The van der Waals surface area contributed by atoms with Crippen molar-refractivity contribution in [3.8, 4) is 0 Å². The van der Waals surface area contributed by atoms with E-state index in [-0.39, 0.29) is 18.5 Å². The minimum absolute atomic E-state index is 0.0125. The second-order valence-electron chi connectivity index (χ2n) is 5.54. The van der Waals surface area contributed by atoms with Gasteiger partial charge in [0.15, 0.2) is 0 Å². The number of nitrogens with one attached hydrogen (secondary N) is 1. The molecule has 1 aromatic rings. The van der Waals surface area contributed by atoms with Gasteiger partial charge in [-0.2, -0.15) is 5.10 Å². The molecule has 1 amide bonds. The molecule has 3 N–H and O–H groups in total. The number of nitrogens with zero attached hydrogens (tertiary/aromatic N) is 3. The zero-order valence-electron chi connectivity index (χ0n) is 12.6. The summed E-state index contributed by atoms with van der Waals surface area (Å²) in [5.74, 6) is 0.0125. The number of anilines is 1. The van der Waals surface area contributed by atoms with Crippen LogP contribution >= 0.6 is 0 Å². The van der Waals surface area contributed by atoms with Crippen molar-refractivity contribution in [2.24, 2.45) is 0 Å². The molecule has 0 aromatic carbocycles. The van der Waals surface area contributed by atoms with Crippen molar-refractivity contribution < 1.29 is 4.79 Å². The van der Waals surface area contributed by atoms with Gasteiger partial charge >= 0.3 is 0 Å². The van der Waals surface area contributed by atoms with Crippen LogP contribution in [0.2, 0.25) is 0 Å². The summed E-state index contributed by atoms with van der Waals surface area (Å²) < 4.78 is 1.68. The van der Waals surface area contributed by atoms with E-state index in [4.69, 9.17) is 5.73 Å². The van der Waals surface area contributed by atoms with E-state index in [9.17, 15) is 4.79 Å². The Morgan fingerprint density at radius 3 is 2.85 bits per heavy atom. The van der Waals surface area contributed by atoms with Crippen LogP contribution in [0.15, 0.2) is 0 Å². The van der Waals surface area contributed by atoms with Gasteiger partial charge in [-0.3, -0.25) is 9.48 Å². The molecule has 1 aliphatic heterocycles. The molecule has 2 heterocycles. The van der Waals surface area contributed by atoms with Crippen LogP contribution in [0.3, 0.4) is 0 Å². The molecule has 1 aromatic heterocycles. The van der Waals surface area contributed by atoms with Crippen molar-refractivity contribution in [3.63, 3.8) is 0 Å². The maximum atomic E-state index is 12.1. The molecule has 0 spiro atoms. The number of carbonyl (C=O) groups is 1. The summed E-state index contributed by atoms with van der Waals surface area (Å²) >= 11 is 0. The highest BCUT2D eigenvalue weighted by atomic mass is 16.2. The van der Waals surface area contributed by atoms with Crippen LogP contribution in [0.5, 0.6) is 0 Å². The molecule has 0 radical (unpaired) electrons. The highest BCUT2D eigenvalue weighted by Crippen LogP contribution is 2.14. The third-order valence-corrected chi connectivity index (χ3v) is 4.05. The SMILES string of the molecule is CCN1CCCC(NC(=O)Cn2nc(C)c(N)c2C)C1. The van der Waals surface area contributed by atoms with E-state index in [2.05, 4.69) is 22.2 Å². The molecular weight excluding hydrogens is 254 g/mol. The summed E-state index contributed by atoms with van der Waals surface area (Å²) in [4.78, 5) is 14.5. The smallest absolute Gasteiger partial charge is 0.242 e. The van der Waals surface area contributed by atoms with E-state index in [1.54, 1.807) is 4.68 Å². The minimum atomic E-state index is 0.0125. The fraction of sp³-hybridized carbons (Fsp3) is 0.714. The first-order valence-corrected chi connectivity index (χ1v) is 7.32. The molecule has 0 aliphatic carbocycles. The largest absolute Gasteiger partial charge is 0.396 e. The standard InChI is InChI=1S/C14H25N5O/c1-4-18-7-5-6-12(8-18)16-13(20)9-19-11(3)14(15)10(2)17-19/h12H,4-9,15H2,1-3H3,(H,16,20). The Kier molecular flexibility index (Phi) is 4.65. The number of rotatable bonds is 4. The van der Waals surface area contributed by atoms with E-state index in [0.29, 0.717) is 5.69 Å². The topological polar surface area (TPSA) is 76.2 Å². The molecule has 2 rings (SSSR count). The monoisotopic (exact) mass is 279 g/mol. The van der Waals surface area contributed by atoms with E-state index < -0.39 is 0 Å². The van der Waals surface area contributed by atoms with E-state index in [1.807, 2.05) is 13.8 Å². The second kappa shape index (κ2) is 6.26. The fourth-order valence-electron chi connectivity index (χ4n) is 2.73. The fourth-order valence-corrected chi connectivity index (χ4v) is 2.73. The first-order chi connectivity index (χ1) is 9.51. The summed E-state index contributed by atoms with van der Waals surface area (Å²) in [6.45, 7) is 9.27. The van der Waals surface area contributed by atoms with Crippen LogP contribution < -0.4 is 11.1 Å². The quantitative estimate of drug-likeness (QED) is 0.850. The van der Waals surface area contributed by atoms with Crippen LogP contribution in [0, 0.1) is 13.8 Å². The Labute approximate surface area is 120 Å². The number of carbonyl (C=O) groups excluding carboxylic acids is 1. The molecule has 1 fully saturated rings. The van der Waals surface area contributed by atoms with Gasteiger partial charge in [0.25, 0.3) is 0 Å². The van der Waals surface area contributed by atoms with Crippen molar-refractivity contribution in [1.29, 1.82) is 0 Å². The summed E-state index contributed by atoms with van der Waals surface area (Å²) in [5, 5.41) is 7.40. The summed E-state index contributed by atoms with van der Waals surface area (Å²) in [7, 11) is 0. The van der Waals surface area contributed by atoms with Crippen molar-refractivity contribution in [1.82, 2.24) is 20.0 Å². The lowest BCUT2D eigenvalue weighted by Crippen LogP contribution is -2.48. The first kappa shape index (κ1) is 14.8. The van der Waals surface area contributed by atoms with Gasteiger partial charge in [0.1, 0.15) is 6.54 Å². The molecule has 6 nitrogen and oxygen atoms in total. The van der Waals surface area contributed by atoms with Gasteiger partial charge in [0, 0.05) is 12.6 Å². The molecule has 1 saturated heterocycles. The maximum absolute atomic E-state index is 12.1. The van der Waals surface area contributed by atoms with E-state index >= 15 is 0 Å². The molecule has 1 atom stereocenters. The third kappa shape index (κ3) is 3.30. The molecule has 0 saturated carbocycles. The molecule has 20 heavy (non-hydrogen) atoms. The number of aryl methyl sites for hydroxylation is 1. The number of piperidine rings is 1. The molecule has 112 valence electrons. The van der Waals surface area contributed by atoms with Crippen molar-refractivity contribution in [3.05, 3.63) is 11.4 Å². The predicted octanol–water partition coefficient (Wildman–Crippen LogP) is 0.683. The Morgan fingerprint density at radius 2 is 2.25 bits per heavy atom. The van der Waals surface area contributed by atoms with Gasteiger partial charge in [0.2, 0.25) is 5.91 Å². The lowest BCUT2D eigenvalue weighted by atomic mass is 10.1. The zero-order valence-corrected chi connectivity index (χ0v) is 12.6. The minimum Gasteiger partial charge on any atom is -0.396 e. The average molecular weight is 279 g/mol. The average Bonchev–Trinajstić information content (AvgIpc) is 2.66. The van der Waals surface area contributed by atoms with Gasteiger partial charge in [-0.1, -0.05) is 6.92 Å². The lowest BCUT2D eigenvalue weighted by molar-refractivity contribution is -0.123. The Bertz CT molecular complexity index is 482. The Morgan fingerprint density at radius 1 is 1.50 bits per heavy atom. The maximum Gasteiger partial charge on any atom is 0.242 e. The first-order valence-electron chi connectivity index (χ1n) is 7.32. The number of amides is 1. The number of likely N-dealkylation sites (N-methyl/N-ethyl adjacent to an activating group) is 1. The summed E-state index contributed by atoms with van der Waals surface area (Å²) in [5.41, 5.74) is 8.19. The number of nitrogen functional groups attached to an aromatic ring is 1. The van der Waals surface area contributed by atoms with Gasteiger partial charge in [-0.15, -0.1) is 0 Å². The van der Waals surface area contributed by atoms with Crippen LogP contribution in [0.1, 0.15) is 31.2 Å². The van der Waals surface area contributed by atoms with Gasteiger partial charge in [-0.05, 0) is 39.8 Å². The normalized spacial score (nSPS) is 20.1. The highest BCUT2D eigenvalue weighted by molar-refractivity contribution is 5.76. The van der Waals surface area contributed by atoms with Gasteiger partial charge in [0.05, 0.1) is 17.1 Å². The molecular formula is C14H25N5O. The Balaban J connectivity index is 1.90. The molecule has 1 unspecified atom stereocenters. The number of nitrogens with two attached hydrogens (primary N) is 1. The number of aromatic nitrogens is 2. The zero-order chi connectivity index (χ0) is 14.7. The number of hydrogen-bond acceptors (Lipinski definition) is 4. The summed E-state index contributed by atoms with van der Waals surface area (Å²) in [6.07, 6.45) is 2.20. The van der Waals surface area contributed by atoms with Gasteiger partial charge < -0.3 is 16.0 Å².